The molecule has 4 rings (SSSR count). The number of rotatable bonds is 3. The molecule has 0 unspecified atom stereocenters. The molecule has 5 nitrogen and oxygen atoms in total. The lowest BCUT2D eigenvalue weighted by Gasteiger charge is -2.23. The number of hydrogen-bond acceptors (Lipinski definition) is 5. The minimum Gasteiger partial charge on any atom is -0.507 e. The van der Waals surface area contributed by atoms with Crippen molar-refractivity contribution in [2.24, 2.45) is 0 Å². The number of hydrogen-bond donors (Lipinski definition) is 1. The fourth-order valence-electron chi connectivity index (χ4n) is 3.12. The predicted molar refractivity (Wildman–Crippen MR) is 105 cm³/mol. The van der Waals surface area contributed by atoms with E-state index in [0.29, 0.717) is 15.7 Å². The molecule has 3 aromatic rings. The number of nitrogens with zero attached hydrogens (tertiary/aromatic N) is 2. The molecule has 1 amide bonds. The Bertz CT molecular complexity index is 1100. The van der Waals surface area contributed by atoms with Gasteiger partial charge in [0, 0.05) is 22.2 Å². The van der Waals surface area contributed by atoms with Crippen LogP contribution < -0.4 is 4.90 Å². The van der Waals surface area contributed by atoms with Crippen molar-refractivity contribution in [3.05, 3.63) is 87.6 Å². The van der Waals surface area contributed by atoms with E-state index < -0.39 is 29.3 Å². The average molecular weight is 415 g/mol. The van der Waals surface area contributed by atoms with Crippen molar-refractivity contribution >= 4 is 45.5 Å². The molecule has 1 aliphatic heterocycles. The Morgan fingerprint density at radius 3 is 2.50 bits per heavy atom. The van der Waals surface area contributed by atoms with Gasteiger partial charge in [-0.1, -0.05) is 29.8 Å². The predicted octanol–water partition coefficient (Wildman–Crippen LogP) is 4.56. The standard InChI is InChI=1S/C20H12ClFN2O3S/c21-14-4-2-1-3-13(14)16-15(17(25)11-5-7-12(22)8-6-11)18(26)19(27)24(16)20-23-9-10-28-20/h1-10,16,25H/t16-/m1/s1. The summed E-state index contributed by atoms with van der Waals surface area (Å²) in [7, 11) is 0. The second-order valence-corrected chi connectivity index (χ2v) is 7.29. The van der Waals surface area contributed by atoms with Gasteiger partial charge in [0.2, 0.25) is 0 Å². The summed E-state index contributed by atoms with van der Waals surface area (Å²) >= 11 is 7.53. The molecular weight excluding hydrogens is 403 g/mol. The molecule has 1 fully saturated rings. The highest BCUT2D eigenvalue weighted by Gasteiger charge is 2.48. The summed E-state index contributed by atoms with van der Waals surface area (Å²) in [5, 5.41) is 13.2. The third kappa shape index (κ3) is 2.98. The van der Waals surface area contributed by atoms with Crippen molar-refractivity contribution in [3.8, 4) is 0 Å². The summed E-state index contributed by atoms with van der Waals surface area (Å²) in [6.07, 6.45) is 1.52. The van der Waals surface area contributed by atoms with Crippen LogP contribution in [0, 0.1) is 5.82 Å². The van der Waals surface area contributed by atoms with Gasteiger partial charge in [-0.05, 0) is 35.9 Å². The minimum atomic E-state index is -0.954. The maximum Gasteiger partial charge on any atom is 0.301 e. The van der Waals surface area contributed by atoms with E-state index in [1.54, 1.807) is 29.6 Å². The summed E-state index contributed by atoms with van der Waals surface area (Å²) in [6, 6.07) is 10.8. The van der Waals surface area contributed by atoms with E-state index in [1.807, 2.05) is 0 Å². The first-order valence-corrected chi connectivity index (χ1v) is 9.45. The number of aromatic nitrogens is 1. The Morgan fingerprint density at radius 2 is 1.86 bits per heavy atom. The Labute approximate surface area is 168 Å². The number of benzene rings is 2. The second-order valence-electron chi connectivity index (χ2n) is 6.01. The zero-order valence-electron chi connectivity index (χ0n) is 14.2. The molecule has 2 aromatic carbocycles. The highest BCUT2D eigenvalue weighted by atomic mass is 35.5. The minimum absolute atomic E-state index is 0.125. The van der Waals surface area contributed by atoms with Crippen molar-refractivity contribution < 1.29 is 19.1 Å². The number of thiazole rings is 1. The van der Waals surface area contributed by atoms with Crippen LogP contribution in [-0.4, -0.2) is 21.8 Å². The Hall–Kier alpha value is -3.03. The number of Topliss-reactive ketones (excluding diaryl/α,β-unsaturated/α-hetero) is 1. The van der Waals surface area contributed by atoms with Crippen LogP contribution in [0.3, 0.4) is 0 Å². The Balaban J connectivity index is 1.96. The molecule has 1 aliphatic rings. The van der Waals surface area contributed by atoms with Gasteiger partial charge >= 0.3 is 5.91 Å². The second kappa shape index (κ2) is 7.18. The van der Waals surface area contributed by atoms with E-state index >= 15 is 0 Å². The van der Waals surface area contributed by atoms with E-state index in [0.717, 1.165) is 12.1 Å². The number of halogens is 2. The number of carbonyl (C=O) groups is 2. The molecule has 0 spiro atoms. The van der Waals surface area contributed by atoms with Gasteiger partial charge in [-0.15, -0.1) is 11.3 Å². The molecule has 1 N–H and O–H groups in total. The van der Waals surface area contributed by atoms with Crippen molar-refractivity contribution in [2.75, 3.05) is 4.90 Å². The van der Waals surface area contributed by atoms with Crippen LogP contribution in [0.5, 0.6) is 0 Å². The van der Waals surface area contributed by atoms with Gasteiger partial charge in [-0.2, -0.15) is 0 Å². The third-order valence-corrected chi connectivity index (χ3v) is 5.50. The van der Waals surface area contributed by atoms with Crippen LogP contribution in [0.15, 0.2) is 65.7 Å². The SMILES string of the molecule is O=C1C(=O)N(c2nccs2)[C@H](c2ccccc2Cl)C1=C(O)c1ccc(F)cc1. The monoisotopic (exact) mass is 414 g/mol. The van der Waals surface area contributed by atoms with E-state index in [-0.39, 0.29) is 11.1 Å². The Morgan fingerprint density at radius 1 is 1.14 bits per heavy atom. The van der Waals surface area contributed by atoms with Gasteiger partial charge in [0.05, 0.1) is 11.6 Å². The maximum atomic E-state index is 13.3. The molecule has 1 saturated heterocycles. The first-order valence-electron chi connectivity index (χ1n) is 8.20. The molecule has 28 heavy (non-hydrogen) atoms. The van der Waals surface area contributed by atoms with Crippen molar-refractivity contribution in [2.45, 2.75) is 6.04 Å². The quantitative estimate of drug-likeness (QED) is 0.387. The van der Waals surface area contributed by atoms with Gasteiger partial charge in [0.1, 0.15) is 11.6 Å². The smallest absolute Gasteiger partial charge is 0.301 e. The van der Waals surface area contributed by atoms with Crippen LogP contribution in [0.25, 0.3) is 5.76 Å². The molecule has 8 heteroatoms. The summed E-state index contributed by atoms with van der Waals surface area (Å²) in [4.78, 5) is 31.0. The molecule has 0 bridgehead atoms. The van der Waals surface area contributed by atoms with Gasteiger partial charge in [-0.3, -0.25) is 14.5 Å². The first kappa shape index (κ1) is 18.3. The maximum absolute atomic E-state index is 13.3. The van der Waals surface area contributed by atoms with Crippen molar-refractivity contribution in [1.82, 2.24) is 4.98 Å². The molecule has 2 heterocycles. The van der Waals surface area contributed by atoms with E-state index in [1.165, 1.54) is 34.6 Å². The van der Waals surface area contributed by atoms with Crippen LogP contribution in [0.1, 0.15) is 17.2 Å². The molecule has 140 valence electrons. The lowest BCUT2D eigenvalue weighted by atomic mass is 9.95. The first-order chi connectivity index (χ1) is 13.5. The molecule has 0 aliphatic carbocycles. The molecule has 0 radical (unpaired) electrons. The van der Waals surface area contributed by atoms with Crippen LogP contribution in [0.4, 0.5) is 9.52 Å². The Kier molecular flexibility index (Phi) is 4.70. The summed E-state index contributed by atoms with van der Waals surface area (Å²) in [5.41, 5.74) is 0.567. The highest BCUT2D eigenvalue weighted by molar-refractivity contribution is 7.14. The summed E-state index contributed by atoms with van der Waals surface area (Å²) in [5.74, 6) is -2.56. The number of anilines is 1. The normalized spacial score (nSPS) is 18.6. The van der Waals surface area contributed by atoms with E-state index in [2.05, 4.69) is 4.98 Å². The van der Waals surface area contributed by atoms with Gasteiger partial charge < -0.3 is 5.11 Å². The molecule has 1 aromatic heterocycles. The molecule has 1 atom stereocenters. The van der Waals surface area contributed by atoms with Gasteiger partial charge in [-0.25, -0.2) is 9.37 Å². The van der Waals surface area contributed by atoms with E-state index in [4.69, 9.17) is 11.6 Å². The largest absolute Gasteiger partial charge is 0.507 e. The molecular formula is C20H12ClFN2O3S. The van der Waals surface area contributed by atoms with Crippen LogP contribution >= 0.6 is 22.9 Å². The summed E-state index contributed by atoms with van der Waals surface area (Å²) in [6.45, 7) is 0. The number of amides is 1. The highest BCUT2D eigenvalue weighted by Crippen LogP contribution is 2.44. The van der Waals surface area contributed by atoms with Gasteiger partial charge in [0.25, 0.3) is 5.78 Å². The fraction of sp³-hybridized carbons (Fsp3) is 0.0500. The third-order valence-electron chi connectivity index (χ3n) is 4.39. The number of carbonyl (C=O) groups excluding carboxylic acids is 2. The zero-order chi connectivity index (χ0) is 19.8. The van der Waals surface area contributed by atoms with Crippen molar-refractivity contribution in [3.63, 3.8) is 0 Å². The van der Waals surface area contributed by atoms with E-state index in [9.17, 15) is 19.1 Å². The lowest BCUT2D eigenvalue weighted by molar-refractivity contribution is -0.132. The fourth-order valence-corrected chi connectivity index (χ4v) is 4.03. The zero-order valence-corrected chi connectivity index (χ0v) is 15.7. The lowest BCUT2D eigenvalue weighted by Crippen LogP contribution is -2.29. The molecule has 0 saturated carbocycles. The average Bonchev–Trinajstić information content (AvgIpc) is 3.30. The van der Waals surface area contributed by atoms with Crippen LogP contribution in [-0.2, 0) is 9.59 Å². The number of aliphatic hydroxyl groups is 1. The topological polar surface area (TPSA) is 70.5 Å². The van der Waals surface area contributed by atoms with Gasteiger partial charge in [0.15, 0.2) is 5.13 Å². The van der Waals surface area contributed by atoms with Crippen LogP contribution in [0.2, 0.25) is 5.02 Å². The number of aliphatic hydroxyl groups excluding tert-OH is 1. The van der Waals surface area contributed by atoms with Crippen molar-refractivity contribution in [1.29, 1.82) is 0 Å². The summed E-state index contributed by atoms with van der Waals surface area (Å²) < 4.78 is 13.3. The number of ketones is 1.